The van der Waals surface area contributed by atoms with Crippen LogP contribution >= 0.6 is 11.3 Å². The number of rotatable bonds is 9. The Morgan fingerprint density at radius 2 is 1.76 bits per heavy atom. The smallest absolute Gasteiger partial charge is 0.260 e. The van der Waals surface area contributed by atoms with Crippen molar-refractivity contribution in [3.05, 3.63) is 89.0 Å². The Kier molecular flexibility index (Phi) is 7.40. The van der Waals surface area contributed by atoms with Gasteiger partial charge in [-0.15, -0.1) is 0 Å². The second-order valence-electron chi connectivity index (χ2n) is 8.38. The number of aromatic nitrogens is 1. The molecule has 0 atom stereocenters. The van der Waals surface area contributed by atoms with Crippen LogP contribution in [0.3, 0.4) is 0 Å². The number of aryl methyl sites for hydroxylation is 2. The van der Waals surface area contributed by atoms with Crippen LogP contribution in [0.1, 0.15) is 53.2 Å². The van der Waals surface area contributed by atoms with Crippen LogP contribution in [0, 0.1) is 13.8 Å². The van der Waals surface area contributed by atoms with E-state index < -0.39 is 0 Å². The second kappa shape index (κ2) is 10.6. The molecule has 0 fully saturated rings. The molecule has 4 aromatic rings. The Morgan fingerprint density at radius 3 is 2.48 bits per heavy atom. The SMILES string of the molecule is CCCCCOc1ccc(C(=O)N(Cc2ccccc2)c2nc3cc(C)cc(C)c3s2)cc1. The van der Waals surface area contributed by atoms with Gasteiger partial charge in [0.1, 0.15) is 5.75 Å². The number of nitrogens with zero attached hydrogens (tertiary/aromatic N) is 2. The topological polar surface area (TPSA) is 42.4 Å². The molecule has 0 radical (unpaired) electrons. The van der Waals surface area contributed by atoms with E-state index in [0.29, 0.717) is 23.8 Å². The van der Waals surface area contributed by atoms with E-state index in [0.717, 1.165) is 34.4 Å². The Bertz CT molecular complexity index is 1220. The van der Waals surface area contributed by atoms with Gasteiger partial charge in [0, 0.05) is 5.56 Å². The van der Waals surface area contributed by atoms with E-state index in [2.05, 4.69) is 32.9 Å². The predicted octanol–water partition coefficient (Wildman–Crippen LogP) is 7.33. The van der Waals surface area contributed by atoms with E-state index in [1.165, 1.54) is 17.5 Å². The first-order valence-electron chi connectivity index (χ1n) is 11.5. The summed E-state index contributed by atoms with van der Waals surface area (Å²) in [7, 11) is 0. The molecule has 170 valence electrons. The number of carbonyl (C=O) groups excluding carboxylic acids is 1. The van der Waals surface area contributed by atoms with Crippen LogP contribution in [-0.2, 0) is 6.54 Å². The first-order chi connectivity index (χ1) is 16.0. The summed E-state index contributed by atoms with van der Waals surface area (Å²) in [4.78, 5) is 20.3. The van der Waals surface area contributed by atoms with Crippen LogP contribution in [0.15, 0.2) is 66.7 Å². The number of fused-ring (bicyclic) bond motifs is 1. The van der Waals surface area contributed by atoms with Crippen LogP contribution in [-0.4, -0.2) is 17.5 Å². The minimum absolute atomic E-state index is 0.0650. The van der Waals surface area contributed by atoms with Crippen LogP contribution in [0.2, 0.25) is 0 Å². The van der Waals surface area contributed by atoms with Gasteiger partial charge in [-0.1, -0.05) is 67.5 Å². The number of thiazole rings is 1. The molecule has 0 unspecified atom stereocenters. The van der Waals surface area contributed by atoms with Crippen LogP contribution in [0.5, 0.6) is 5.75 Å². The highest BCUT2D eigenvalue weighted by Gasteiger charge is 2.22. The number of ether oxygens (including phenoxy) is 1. The van der Waals surface area contributed by atoms with Gasteiger partial charge in [-0.3, -0.25) is 9.69 Å². The average molecular weight is 459 g/mol. The van der Waals surface area contributed by atoms with Crippen molar-refractivity contribution in [2.75, 3.05) is 11.5 Å². The van der Waals surface area contributed by atoms with E-state index >= 15 is 0 Å². The number of carbonyl (C=O) groups is 1. The number of benzene rings is 3. The summed E-state index contributed by atoms with van der Waals surface area (Å²) in [6, 6.07) is 21.7. The summed E-state index contributed by atoms with van der Waals surface area (Å²) in [6.45, 7) is 7.51. The molecule has 0 bridgehead atoms. The third-order valence-corrected chi connectivity index (χ3v) is 6.82. The molecule has 0 saturated carbocycles. The fourth-order valence-corrected chi connectivity index (χ4v) is 4.88. The van der Waals surface area contributed by atoms with Gasteiger partial charge in [0.2, 0.25) is 0 Å². The maximum Gasteiger partial charge on any atom is 0.260 e. The third-order valence-electron chi connectivity index (χ3n) is 5.59. The molecule has 1 aromatic heterocycles. The van der Waals surface area contributed by atoms with Gasteiger partial charge in [0.05, 0.1) is 23.4 Å². The summed E-state index contributed by atoms with van der Waals surface area (Å²) in [6.07, 6.45) is 3.36. The number of hydrogen-bond donors (Lipinski definition) is 0. The lowest BCUT2D eigenvalue weighted by Gasteiger charge is -2.20. The van der Waals surface area contributed by atoms with E-state index in [9.17, 15) is 4.79 Å². The average Bonchev–Trinajstić information content (AvgIpc) is 3.25. The zero-order valence-electron chi connectivity index (χ0n) is 19.5. The lowest BCUT2D eigenvalue weighted by atomic mass is 10.1. The normalized spacial score (nSPS) is 11.0. The minimum Gasteiger partial charge on any atom is -0.494 e. The Hall–Kier alpha value is -3.18. The monoisotopic (exact) mass is 458 g/mol. The molecular weight excluding hydrogens is 428 g/mol. The van der Waals surface area contributed by atoms with Crippen molar-refractivity contribution in [2.45, 2.75) is 46.6 Å². The fraction of sp³-hybridized carbons (Fsp3) is 0.286. The molecule has 4 nitrogen and oxygen atoms in total. The highest BCUT2D eigenvalue weighted by molar-refractivity contribution is 7.22. The number of anilines is 1. The molecule has 3 aromatic carbocycles. The molecule has 33 heavy (non-hydrogen) atoms. The zero-order chi connectivity index (χ0) is 23.2. The lowest BCUT2D eigenvalue weighted by Crippen LogP contribution is -2.30. The molecular formula is C28H30N2O2S. The maximum absolute atomic E-state index is 13.6. The molecule has 0 N–H and O–H groups in total. The van der Waals surface area contributed by atoms with Gasteiger partial charge in [-0.2, -0.15) is 0 Å². The van der Waals surface area contributed by atoms with Gasteiger partial charge in [-0.05, 0) is 67.3 Å². The predicted molar refractivity (Wildman–Crippen MR) is 138 cm³/mol. The van der Waals surface area contributed by atoms with Gasteiger partial charge in [-0.25, -0.2) is 4.98 Å². The lowest BCUT2D eigenvalue weighted by molar-refractivity contribution is 0.0985. The number of unbranched alkanes of at least 4 members (excludes halogenated alkanes) is 2. The van der Waals surface area contributed by atoms with Crippen molar-refractivity contribution >= 4 is 32.6 Å². The van der Waals surface area contributed by atoms with Gasteiger partial charge < -0.3 is 4.74 Å². The first-order valence-corrected chi connectivity index (χ1v) is 12.3. The molecule has 0 spiro atoms. The summed E-state index contributed by atoms with van der Waals surface area (Å²) < 4.78 is 6.94. The Labute approximate surface area is 199 Å². The van der Waals surface area contributed by atoms with E-state index in [1.807, 2.05) is 54.6 Å². The van der Waals surface area contributed by atoms with Gasteiger partial charge >= 0.3 is 0 Å². The molecule has 0 saturated heterocycles. The Balaban J connectivity index is 1.62. The number of amides is 1. The standard InChI is InChI=1S/C28H30N2O2S/c1-4-5-9-16-32-24-14-12-23(13-15-24)27(31)30(19-22-10-7-6-8-11-22)28-29-25-18-20(2)17-21(3)26(25)33-28/h6-8,10-15,17-18H,4-5,9,16,19H2,1-3H3. The molecule has 0 aliphatic rings. The van der Waals surface area contributed by atoms with Crippen molar-refractivity contribution in [3.8, 4) is 5.75 Å². The van der Waals surface area contributed by atoms with Crippen LogP contribution < -0.4 is 9.64 Å². The van der Waals surface area contributed by atoms with Crippen LogP contribution in [0.25, 0.3) is 10.2 Å². The summed E-state index contributed by atoms with van der Waals surface area (Å²) >= 11 is 1.57. The largest absolute Gasteiger partial charge is 0.494 e. The molecule has 1 amide bonds. The molecule has 5 heteroatoms. The minimum atomic E-state index is -0.0650. The van der Waals surface area contributed by atoms with Crippen molar-refractivity contribution in [3.63, 3.8) is 0 Å². The van der Waals surface area contributed by atoms with Crippen molar-refractivity contribution in [1.82, 2.24) is 4.98 Å². The second-order valence-corrected chi connectivity index (χ2v) is 9.36. The molecule has 1 heterocycles. The van der Waals surface area contributed by atoms with Crippen LogP contribution in [0.4, 0.5) is 5.13 Å². The van der Waals surface area contributed by atoms with Crippen molar-refractivity contribution < 1.29 is 9.53 Å². The van der Waals surface area contributed by atoms with Gasteiger partial charge in [0.25, 0.3) is 5.91 Å². The fourth-order valence-electron chi connectivity index (χ4n) is 3.86. The summed E-state index contributed by atoms with van der Waals surface area (Å²) in [5.74, 6) is 0.730. The molecule has 0 aliphatic carbocycles. The highest BCUT2D eigenvalue weighted by Crippen LogP contribution is 2.33. The number of hydrogen-bond acceptors (Lipinski definition) is 4. The third kappa shape index (κ3) is 5.60. The maximum atomic E-state index is 13.6. The Morgan fingerprint density at radius 1 is 1.00 bits per heavy atom. The van der Waals surface area contributed by atoms with E-state index in [4.69, 9.17) is 9.72 Å². The first kappa shape index (κ1) is 23.0. The molecule has 4 rings (SSSR count). The van der Waals surface area contributed by atoms with Gasteiger partial charge in [0.15, 0.2) is 5.13 Å². The summed E-state index contributed by atoms with van der Waals surface area (Å²) in [5, 5.41) is 0.715. The molecule has 0 aliphatic heterocycles. The van der Waals surface area contributed by atoms with E-state index in [1.54, 1.807) is 16.2 Å². The van der Waals surface area contributed by atoms with Crippen molar-refractivity contribution in [1.29, 1.82) is 0 Å². The quantitative estimate of drug-likeness (QED) is 0.247. The zero-order valence-corrected chi connectivity index (χ0v) is 20.3. The highest BCUT2D eigenvalue weighted by atomic mass is 32.1. The van der Waals surface area contributed by atoms with Crippen molar-refractivity contribution in [2.24, 2.45) is 0 Å². The van der Waals surface area contributed by atoms with E-state index in [-0.39, 0.29) is 5.91 Å². The summed E-state index contributed by atoms with van der Waals surface area (Å²) in [5.41, 5.74) is 4.99.